The second-order valence-corrected chi connectivity index (χ2v) is 10.9. The number of aliphatic imine (C=N–C) groups is 1. The van der Waals surface area contributed by atoms with Gasteiger partial charge in [0, 0.05) is 36.3 Å². The zero-order valence-corrected chi connectivity index (χ0v) is 17.5. The van der Waals surface area contributed by atoms with Gasteiger partial charge in [0.2, 0.25) is 10.0 Å². The first-order chi connectivity index (χ1) is 13.0. The topological polar surface area (TPSA) is 82.6 Å². The molecule has 1 aromatic carbocycles. The molecule has 0 spiro atoms. The van der Waals surface area contributed by atoms with E-state index in [1.807, 2.05) is 17.8 Å². The molecule has 0 radical (unpaired) electrons. The van der Waals surface area contributed by atoms with Crippen LogP contribution in [0, 0.1) is 5.92 Å². The molecule has 0 atom stereocenters. The number of rotatable bonds is 10. The van der Waals surface area contributed by atoms with Gasteiger partial charge in [-0.1, -0.05) is 24.6 Å². The van der Waals surface area contributed by atoms with E-state index in [1.54, 1.807) is 7.05 Å². The Kier molecular flexibility index (Phi) is 7.05. The van der Waals surface area contributed by atoms with Gasteiger partial charge in [0.15, 0.2) is 5.96 Å². The molecule has 150 valence electrons. The number of guanidine groups is 1. The number of sulfonamides is 1. The molecule has 0 heterocycles. The lowest BCUT2D eigenvalue weighted by Gasteiger charge is -2.25. The van der Waals surface area contributed by atoms with Gasteiger partial charge in [-0.2, -0.15) is 0 Å². The van der Waals surface area contributed by atoms with E-state index in [1.165, 1.54) is 24.2 Å². The van der Waals surface area contributed by atoms with Crippen molar-refractivity contribution >= 4 is 27.7 Å². The van der Waals surface area contributed by atoms with E-state index in [-0.39, 0.29) is 10.5 Å². The minimum Gasteiger partial charge on any atom is -0.355 e. The van der Waals surface area contributed by atoms with Gasteiger partial charge < -0.3 is 10.6 Å². The molecule has 27 heavy (non-hydrogen) atoms. The second kappa shape index (κ2) is 9.30. The summed E-state index contributed by atoms with van der Waals surface area (Å²) < 4.78 is 27.1. The van der Waals surface area contributed by atoms with Gasteiger partial charge >= 0.3 is 0 Å². The average Bonchev–Trinajstić information content (AvgIpc) is 3.37. The van der Waals surface area contributed by atoms with E-state index in [4.69, 9.17) is 0 Å². The highest BCUT2D eigenvalue weighted by Crippen LogP contribution is 2.51. The monoisotopic (exact) mass is 410 g/mol. The summed E-state index contributed by atoms with van der Waals surface area (Å²) in [5.41, 5.74) is 0. The molecule has 0 aromatic heterocycles. The predicted octanol–water partition coefficient (Wildman–Crippen LogP) is 2.20. The lowest BCUT2D eigenvalue weighted by molar-refractivity contribution is 0.316. The van der Waals surface area contributed by atoms with Crippen LogP contribution in [-0.2, 0) is 10.0 Å². The summed E-state index contributed by atoms with van der Waals surface area (Å²) in [5.74, 6) is 1.24. The Hall–Kier alpha value is -1.25. The molecular formula is C19H30N4O2S2. The Balaban J connectivity index is 1.36. The fourth-order valence-electron chi connectivity index (χ4n) is 2.98. The number of thioether (sulfide) groups is 1. The summed E-state index contributed by atoms with van der Waals surface area (Å²) in [5, 5.41) is 6.47. The molecule has 3 N–H and O–H groups in total. The minimum absolute atomic E-state index is 0.0598. The Morgan fingerprint density at radius 1 is 1.22 bits per heavy atom. The molecule has 2 saturated carbocycles. The molecule has 0 aliphatic heterocycles. The summed E-state index contributed by atoms with van der Waals surface area (Å²) >= 11 is 1.90. The summed E-state index contributed by atoms with van der Waals surface area (Å²) in [6, 6.07) is 10.4. The van der Waals surface area contributed by atoms with Gasteiger partial charge in [0.25, 0.3) is 0 Å². The largest absolute Gasteiger partial charge is 0.355 e. The highest BCUT2D eigenvalue weighted by atomic mass is 32.2. The number of hydrogen-bond acceptors (Lipinski definition) is 4. The van der Waals surface area contributed by atoms with E-state index in [0.717, 1.165) is 19.4 Å². The van der Waals surface area contributed by atoms with Gasteiger partial charge in [-0.25, -0.2) is 13.1 Å². The molecule has 2 aliphatic carbocycles. The van der Waals surface area contributed by atoms with Crippen molar-refractivity contribution in [3.05, 3.63) is 30.3 Å². The first-order valence-corrected chi connectivity index (χ1v) is 12.1. The zero-order valence-electron chi connectivity index (χ0n) is 15.9. The van der Waals surface area contributed by atoms with Gasteiger partial charge in [-0.15, -0.1) is 11.8 Å². The van der Waals surface area contributed by atoms with Crippen molar-refractivity contribution in [3.63, 3.8) is 0 Å². The fraction of sp³-hybridized carbons (Fsp3) is 0.632. The lowest BCUT2D eigenvalue weighted by Crippen LogP contribution is -2.44. The van der Waals surface area contributed by atoms with Gasteiger partial charge in [-0.3, -0.25) is 4.99 Å². The maximum Gasteiger partial charge on any atom is 0.213 e. The van der Waals surface area contributed by atoms with Crippen LogP contribution in [0.1, 0.15) is 32.1 Å². The van der Waals surface area contributed by atoms with Crippen molar-refractivity contribution in [3.8, 4) is 0 Å². The number of nitrogens with one attached hydrogen (secondary N) is 3. The Morgan fingerprint density at radius 3 is 2.56 bits per heavy atom. The van der Waals surface area contributed by atoms with Crippen molar-refractivity contribution in [1.29, 1.82) is 0 Å². The van der Waals surface area contributed by atoms with Crippen LogP contribution >= 0.6 is 11.8 Å². The van der Waals surface area contributed by atoms with E-state index in [9.17, 15) is 8.42 Å². The Labute approximate surface area is 167 Å². The summed E-state index contributed by atoms with van der Waals surface area (Å²) in [4.78, 5) is 5.49. The number of nitrogens with zero attached hydrogens (tertiary/aromatic N) is 1. The molecule has 2 fully saturated rings. The van der Waals surface area contributed by atoms with Crippen LogP contribution in [0.5, 0.6) is 0 Å². The zero-order chi connectivity index (χ0) is 19.2. The van der Waals surface area contributed by atoms with E-state index >= 15 is 0 Å². The Morgan fingerprint density at radius 2 is 1.96 bits per heavy atom. The van der Waals surface area contributed by atoms with Crippen LogP contribution in [0.25, 0.3) is 0 Å². The summed E-state index contributed by atoms with van der Waals surface area (Å²) in [6.07, 6.45) is 5.85. The van der Waals surface area contributed by atoms with Crippen molar-refractivity contribution in [2.75, 3.05) is 32.4 Å². The van der Waals surface area contributed by atoms with Crippen molar-refractivity contribution < 1.29 is 8.42 Å². The summed E-state index contributed by atoms with van der Waals surface area (Å²) in [7, 11) is -1.52. The smallest absolute Gasteiger partial charge is 0.213 e. The highest BCUT2D eigenvalue weighted by Gasteiger charge is 2.43. The number of benzene rings is 1. The van der Waals surface area contributed by atoms with Crippen LogP contribution in [0.2, 0.25) is 0 Å². The molecule has 0 unspecified atom stereocenters. The average molecular weight is 411 g/mol. The highest BCUT2D eigenvalue weighted by molar-refractivity contribution is 8.01. The maximum atomic E-state index is 12.1. The predicted molar refractivity (Wildman–Crippen MR) is 113 cm³/mol. The third kappa shape index (κ3) is 6.69. The Bertz CT molecular complexity index is 729. The first kappa shape index (κ1) is 20.5. The molecule has 2 aliphatic rings. The molecule has 0 saturated heterocycles. The van der Waals surface area contributed by atoms with Crippen LogP contribution in [0.15, 0.2) is 40.2 Å². The van der Waals surface area contributed by atoms with Crippen LogP contribution < -0.4 is 15.4 Å². The van der Waals surface area contributed by atoms with Gasteiger partial charge in [0.1, 0.15) is 0 Å². The normalized spacial score (nSPS) is 19.4. The summed E-state index contributed by atoms with van der Waals surface area (Å²) in [6.45, 7) is 1.74. The van der Waals surface area contributed by atoms with Crippen molar-refractivity contribution in [2.24, 2.45) is 10.9 Å². The molecule has 1 aromatic rings. The minimum atomic E-state index is -3.23. The lowest BCUT2D eigenvalue weighted by atomic mass is 9.86. The van der Waals surface area contributed by atoms with Crippen molar-refractivity contribution in [1.82, 2.24) is 15.4 Å². The molecule has 8 heteroatoms. The molecule has 3 rings (SSSR count). The second-order valence-electron chi connectivity index (χ2n) is 7.41. The van der Waals surface area contributed by atoms with Crippen molar-refractivity contribution in [2.45, 2.75) is 41.7 Å². The molecular weight excluding hydrogens is 380 g/mol. The quantitative estimate of drug-likeness (QED) is 0.407. The van der Waals surface area contributed by atoms with E-state index in [2.05, 4.69) is 44.6 Å². The first-order valence-electron chi connectivity index (χ1n) is 9.66. The van der Waals surface area contributed by atoms with Gasteiger partial charge in [-0.05, 0) is 43.7 Å². The number of hydrogen-bond donors (Lipinski definition) is 3. The van der Waals surface area contributed by atoms with E-state index < -0.39 is 10.0 Å². The standard InChI is InChI=1S/C19H30N4O2S2/c1-20-18(21-12-13-27(24,25)23-14-16-6-5-7-16)22-15-19(10-11-19)26-17-8-3-2-4-9-17/h2-4,8-9,16,23H,5-7,10-15H2,1H3,(H2,20,21,22). The molecule has 0 bridgehead atoms. The SMILES string of the molecule is CN=C(NCCS(=O)(=O)NCC1CCC1)NCC1(Sc2ccccc2)CC1. The maximum absolute atomic E-state index is 12.1. The molecule has 0 amide bonds. The fourth-order valence-corrected chi connectivity index (χ4v) is 5.22. The van der Waals surface area contributed by atoms with Crippen LogP contribution in [0.3, 0.4) is 0 Å². The third-order valence-corrected chi connectivity index (χ3v) is 8.01. The van der Waals surface area contributed by atoms with E-state index in [0.29, 0.717) is 25.0 Å². The van der Waals surface area contributed by atoms with Crippen LogP contribution in [0.4, 0.5) is 0 Å². The van der Waals surface area contributed by atoms with Crippen LogP contribution in [-0.4, -0.2) is 51.6 Å². The third-order valence-electron chi connectivity index (χ3n) is 5.17. The van der Waals surface area contributed by atoms with Gasteiger partial charge in [0.05, 0.1) is 5.75 Å². The molecule has 6 nitrogen and oxygen atoms in total.